The molecule has 1 heterocycles. The number of aromatic nitrogens is 2. The van der Waals surface area contributed by atoms with E-state index < -0.39 is 0 Å². The summed E-state index contributed by atoms with van der Waals surface area (Å²) >= 11 is 6.12. The predicted molar refractivity (Wildman–Crippen MR) is 86.9 cm³/mol. The Balaban J connectivity index is 2.45. The monoisotopic (exact) mass is 307 g/mol. The van der Waals surface area contributed by atoms with Crippen LogP contribution in [0.15, 0.2) is 18.2 Å². The van der Waals surface area contributed by atoms with E-state index in [-0.39, 0.29) is 18.0 Å². The van der Waals surface area contributed by atoms with Crippen molar-refractivity contribution in [1.29, 1.82) is 0 Å². The maximum absolute atomic E-state index is 12.7. The smallest absolute Gasteiger partial charge is 0.254 e. The number of carbonyl (C=O) groups excluding carboxylic acids is 1. The van der Waals surface area contributed by atoms with E-state index in [1.807, 2.05) is 62.3 Å². The van der Waals surface area contributed by atoms with Gasteiger partial charge in [0.1, 0.15) is 0 Å². The Hall–Kier alpha value is -1.55. The van der Waals surface area contributed by atoms with Gasteiger partial charge in [-0.25, -0.2) is 4.98 Å². The van der Waals surface area contributed by atoms with Crippen LogP contribution in [-0.4, -0.2) is 32.4 Å². The van der Waals surface area contributed by atoms with Crippen LogP contribution < -0.4 is 0 Å². The molecule has 0 aliphatic rings. The molecule has 0 fully saturated rings. The Labute approximate surface area is 130 Å². The molecule has 0 aliphatic heterocycles. The zero-order valence-corrected chi connectivity index (χ0v) is 14.0. The normalized spacial score (nSPS) is 11.6. The summed E-state index contributed by atoms with van der Waals surface area (Å²) in [5, 5.41) is 0.460. The van der Waals surface area contributed by atoms with E-state index in [0.717, 1.165) is 17.6 Å². The Morgan fingerprint density at radius 2 is 1.90 bits per heavy atom. The lowest BCUT2D eigenvalue weighted by atomic mass is 10.1. The maximum atomic E-state index is 12.7. The van der Waals surface area contributed by atoms with Gasteiger partial charge < -0.3 is 9.47 Å². The number of rotatable bonds is 4. The molecule has 21 heavy (non-hydrogen) atoms. The molecule has 1 aromatic heterocycles. The number of benzene rings is 1. The third-order valence-electron chi connectivity index (χ3n) is 3.61. The van der Waals surface area contributed by atoms with Gasteiger partial charge in [0.15, 0.2) is 0 Å². The van der Waals surface area contributed by atoms with Gasteiger partial charge in [-0.1, -0.05) is 0 Å². The molecule has 0 unspecified atom stereocenters. The van der Waals surface area contributed by atoms with E-state index in [1.165, 1.54) is 0 Å². The van der Waals surface area contributed by atoms with Crippen molar-refractivity contribution < 1.29 is 4.79 Å². The third kappa shape index (κ3) is 2.91. The van der Waals surface area contributed by atoms with Gasteiger partial charge in [0, 0.05) is 24.2 Å². The predicted octanol–water partition coefficient (Wildman–Crippen LogP) is 3.97. The molecule has 0 atom stereocenters. The average Bonchev–Trinajstić information content (AvgIpc) is 2.71. The van der Waals surface area contributed by atoms with Gasteiger partial charge in [-0.05, 0) is 64.4 Å². The minimum Gasteiger partial charge on any atom is -0.334 e. The number of imidazole rings is 1. The fourth-order valence-corrected chi connectivity index (χ4v) is 3.05. The quantitative estimate of drug-likeness (QED) is 0.857. The first-order valence-corrected chi connectivity index (χ1v) is 7.73. The number of carbonyl (C=O) groups is 1. The minimum absolute atomic E-state index is 0.0315. The van der Waals surface area contributed by atoms with Crippen LogP contribution in [0.25, 0.3) is 11.0 Å². The summed E-state index contributed by atoms with van der Waals surface area (Å²) in [7, 11) is 0. The van der Waals surface area contributed by atoms with E-state index in [9.17, 15) is 4.79 Å². The highest BCUT2D eigenvalue weighted by Gasteiger charge is 2.22. The van der Waals surface area contributed by atoms with Crippen LogP contribution in [-0.2, 0) is 6.54 Å². The molecule has 0 aliphatic carbocycles. The number of nitrogens with zero attached hydrogens (tertiary/aromatic N) is 3. The van der Waals surface area contributed by atoms with Gasteiger partial charge >= 0.3 is 0 Å². The van der Waals surface area contributed by atoms with Gasteiger partial charge in [0.25, 0.3) is 5.91 Å². The number of halogens is 1. The fourth-order valence-electron chi connectivity index (χ4n) is 2.75. The summed E-state index contributed by atoms with van der Waals surface area (Å²) in [5.41, 5.74) is 2.38. The number of aryl methyl sites for hydroxylation is 1. The van der Waals surface area contributed by atoms with Crippen LogP contribution in [0.1, 0.15) is 45.0 Å². The Kier molecular flexibility index (Phi) is 4.57. The first-order chi connectivity index (χ1) is 9.86. The van der Waals surface area contributed by atoms with Crippen LogP contribution >= 0.6 is 11.6 Å². The van der Waals surface area contributed by atoms with Crippen molar-refractivity contribution in [1.82, 2.24) is 14.5 Å². The first kappa shape index (κ1) is 15.8. The van der Waals surface area contributed by atoms with E-state index in [2.05, 4.69) is 4.98 Å². The van der Waals surface area contributed by atoms with Crippen LogP contribution in [0, 0.1) is 0 Å². The van der Waals surface area contributed by atoms with Crippen molar-refractivity contribution >= 4 is 28.5 Å². The molecular formula is C16H22ClN3O. The van der Waals surface area contributed by atoms with Crippen LogP contribution in [0.2, 0.25) is 5.28 Å². The molecule has 1 amide bonds. The second kappa shape index (κ2) is 6.06. The zero-order chi connectivity index (χ0) is 15.7. The number of hydrogen-bond acceptors (Lipinski definition) is 2. The fraction of sp³-hybridized carbons (Fsp3) is 0.500. The van der Waals surface area contributed by atoms with Crippen LogP contribution in [0.3, 0.4) is 0 Å². The SMILES string of the molecule is CCn1c(Cl)nc2cc(C(=O)N(C(C)C)C(C)C)ccc21. The molecule has 4 nitrogen and oxygen atoms in total. The number of amides is 1. The van der Waals surface area contributed by atoms with Crippen LogP contribution in [0.4, 0.5) is 0 Å². The van der Waals surface area contributed by atoms with Crippen molar-refractivity contribution in [3.63, 3.8) is 0 Å². The highest BCUT2D eigenvalue weighted by Crippen LogP contribution is 2.22. The molecule has 5 heteroatoms. The van der Waals surface area contributed by atoms with Gasteiger partial charge in [-0.3, -0.25) is 4.79 Å². The van der Waals surface area contributed by atoms with Crippen molar-refractivity contribution in [2.24, 2.45) is 0 Å². The average molecular weight is 308 g/mol. The van der Waals surface area contributed by atoms with Gasteiger partial charge in [0.05, 0.1) is 11.0 Å². The highest BCUT2D eigenvalue weighted by atomic mass is 35.5. The molecule has 0 saturated carbocycles. The second-order valence-electron chi connectivity index (χ2n) is 5.73. The largest absolute Gasteiger partial charge is 0.334 e. The lowest BCUT2D eigenvalue weighted by Crippen LogP contribution is -2.42. The molecule has 0 spiro atoms. The van der Waals surface area contributed by atoms with Crippen molar-refractivity contribution in [3.8, 4) is 0 Å². The Morgan fingerprint density at radius 3 is 2.43 bits per heavy atom. The second-order valence-corrected chi connectivity index (χ2v) is 6.07. The summed E-state index contributed by atoms with van der Waals surface area (Å²) in [4.78, 5) is 18.9. The van der Waals surface area contributed by atoms with Gasteiger partial charge in [0.2, 0.25) is 5.28 Å². The zero-order valence-electron chi connectivity index (χ0n) is 13.2. The summed E-state index contributed by atoms with van der Waals surface area (Å²) < 4.78 is 1.92. The molecule has 2 rings (SSSR count). The highest BCUT2D eigenvalue weighted by molar-refractivity contribution is 6.29. The van der Waals surface area contributed by atoms with Gasteiger partial charge in [-0.15, -0.1) is 0 Å². The summed E-state index contributed by atoms with van der Waals surface area (Å²) in [6.45, 7) is 10.9. The molecule has 0 saturated heterocycles. The topological polar surface area (TPSA) is 38.1 Å². The Morgan fingerprint density at radius 1 is 1.29 bits per heavy atom. The molecule has 1 aromatic carbocycles. The number of hydrogen-bond donors (Lipinski definition) is 0. The van der Waals surface area contributed by atoms with E-state index in [1.54, 1.807) is 0 Å². The van der Waals surface area contributed by atoms with E-state index in [4.69, 9.17) is 11.6 Å². The Bertz CT molecular complexity index is 653. The van der Waals surface area contributed by atoms with Gasteiger partial charge in [-0.2, -0.15) is 0 Å². The molecule has 114 valence electrons. The minimum atomic E-state index is 0.0315. The van der Waals surface area contributed by atoms with Crippen molar-refractivity contribution in [3.05, 3.63) is 29.0 Å². The van der Waals surface area contributed by atoms with E-state index >= 15 is 0 Å². The molecule has 0 radical (unpaired) electrons. The molecule has 0 bridgehead atoms. The van der Waals surface area contributed by atoms with Crippen molar-refractivity contribution in [2.75, 3.05) is 0 Å². The molecule has 2 aromatic rings. The summed E-state index contributed by atoms with van der Waals surface area (Å²) in [5.74, 6) is 0.0315. The third-order valence-corrected chi connectivity index (χ3v) is 3.90. The van der Waals surface area contributed by atoms with Crippen LogP contribution in [0.5, 0.6) is 0 Å². The summed E-state index contributed by atoms with van der Waals surface area (Å²) in [6.07, 6.45) is 0. The van der Waals surface area contributed by atoms with E-state index in [0.29, 0.717) is 10.8 Å². The maximum Gasteiger partial charge on any atom is 0.254 e. The first-order valence-electron chi connectivity index (χ1n) is 7.35. The summed E-state index contributed by atoms with van der Waals surface area (Å²) in [6, 6.07) is 5.92. The number of fused-ring (bicyclic) bond motifs is 1. The standard InChI is InChI=1S/C16H22ClN3O/c1-6-19-14-8-7-12(9-13(14)18-16(19)17)15(21)20(10(2)3)11(4)5/h7-11H,6H2,1-5H3. The molecule has 0 N–H and O–H groups in total. The molecular weight excluding hydrogens is 286 g/mol. The van der Waals surface area contributed by atoms with Crippen molar-refractivity contribution in [2.45, 2.75) is 53.2 Å². The lowest BCUT2D eigenvalue weighted by Gasteiger charge is -2.30. The lowest BCUT2D eigenvalue weighted by molar-refractivity contribution is 0.0644.